The van der Waals surface area contributed by atoms with Gasteiger partial charge in [-0.3, -0.25) is 0 Å². The molecule has 0 aromatic heterocycles. The normalized spacial score (nSPS) is 19.5. The molecule has 0 amide bonds. The van der Waals surface area contributed by atoms with Crippen molar-refractivity contribution in [2.75, 3.05) is 6.54 Å². The Hall–Kier alpha value is -0.640. The van der Waals surface area contributed by atoms with Crippen molar-refractivity contribution in [3.8, 4) is 0 Å². The van der Waals surface area contributed by atoms with Crippen LogP contribution in [-0.2, 0) is 6.42 Å². The van der Waals surface area contributed by atoms with Gasteiger partial charge in [0.05, 0.1) is 10.6 Å². The zero-order valence-electron chi connectivity index (χ0n) is 8.92. The van der Waals surface area contributed by atoms with Crippen LogP contribution in [0.2, 0.25) is 5.02 Å². The Bertz CT molecular complexity index is 395. The molecule has 2 nitrogen and oxygen atoms in total. The average Bonchev–Trinajstić information content (AvgIpc) is 3.08. The molecule has 0 bridgehead atoms. The largest absolute Gasteiger partial charge is 0.388 e. The van der Waals surface area contributed by atoms with E-state index in [9.17, 15) is 9.50 Å². The summed E-state index contributed by atoms with van der Waals surface area (Å²) >= 11 is 5.69. The molecule has 2 rings (SSSR count). The molecule has 1 atom stereocenters. The fourth-order valence-corrected chi connectivity index (χ4v) is 2.21. The van der Waals surface area contributed by atoms with Gasteiger partial charge in [-0.05, 0) is 30.4 Å². The molecular weight excluding hydrogens is 229 g/mol. The lowest BCUT2D eigenvalue weighted by Crippen LogP contribution is -2.42. The summed E-state index contributed by atoms with van der Waals surface area (Å²) < 4.78 is 13.7. The summed E-state index contributed by atoms with van der Waals surface area (Å²) in [5.74, 6) is -0.243. The number of benzene rings is 1. The molecule has 4 heteroatoms. The number of aliphatic hydroxyl groups is 1. The van der Waals surface area contributed by atoms with Gasteiger partial charge in [-0.1, -0.05) is 23.7 Å². The molecule has 1 aliphatic rings. The van der Waals surface area contributed by atoms with Crippen molar-refractivity contribution in [3.63, 3.8) is 0 Å². The number of halogens is 2. The van der Waals surface area contributed by atoms with Crippen LogP contribution in [0, 0.1) is 11.7 Å². The van der Waals surface area contributed by atoms with Gasteiger partial charge in [-0.25, -0.2) is 4.39 Å². The minimum Gasteiger partial charge on any atom is -0.388 e. The molecule has 0 saturated heterocycles. The maximum Gasteiger partial charge on any atom is 0.145 e. The fraction of sp³-hybridized carbons (Fsp3) is 0.500. The van der Waals surface area contributed by atoms with Gasteiger partial charge in [0.25, 0.3) is 0 Å². The molecule has 0 radical (unpaired) electrons. The fourth-order valence-electron chi connectivity index (χ4n) is 2.02. The summed E-state index contributed by atoms with van der Waals surface area (Å²) in [7, 11) is 0. The van der Waals surface area contributed by atoms with Gasteiger partial charge in [-0.15, -0.1) is 0 Å². The van der Waals surface area contributed by atoms with Crippen LogP contribution in [0.15, 0.2) is 18.2 Å². The highest BCUT2D eigenvalue weighted by atomic mass is 35.5. The molecule has 1 fully saturated rings. The summed E-state index contributed by atoms with van der Waals surface area (Å²) in [5, 5.41) is 10.4. The van der Waals surface area contributed by atoms with E-state index < -0.39 is 11.4 Å². The van der Waals surface area contributed by atoms with E-state index in [1.807, 2.05) is 0 Å². The van der Waals surface area contributed by atoms with Gasteiger partial charge in [0, 0.05) is 13.0 Å². The van der Waals surface area contributed by atoms with Gasteiger partial charge in [-0.2, -0.15) is 0 Å². The quantitative estimate of drug-likeness (QED) is 0.851. The summed E-state index contributed by atoms with van der Waals surface area (Å²) in [6.45, 7) is 0.156. The number of hydrogen-bond acceptors (Lipinski definition) is 2. The van der Waals surface area contributed by atoms with Gasteiger partial charge in [0.1, 0.15) is 5.82 Å². The van der Waals surface area contributed by atoms with Crippen LogP contribution in [0.5, 0.6) is 0 Å². The number of rotatable bonds is 4. The first-order valence-electron chi connectivity index (χ1n) is 5.42. The molecule has 1 aliphatic carbocycles. The second-order valence-corrected chi connectivity index (χ2v) is 4.88. The van der Waals surface area contributed by atoms with E-state index in [1.54, 1.807) is 12.1 Å². The maximum atomic E-state index is 13.7. The first-order chi connectivity index (χ1) is 7.57. The van der Waals surface area contributed by atoms with Crippen molar-refractivity contribution >= 4 is 11.6 Å². The van der Waals surface area contributed by atoms with E-state index in [0.717, 1.165) is 12.8 Å². The van der Waals surface area contributed by atoms with Crippen molar-refractivity contribution in [1.29, 1.82) is 0 Å². The molecule has 1 aromatic rings. The standard InChI is InChI=1S/C12H15ClFNO/c13-10-3-1-2-8(11(10)14)6-12(16,7-15)9-4-5-9/h1-3,9,16H,4-7,15H2. The van der Waals surface area contributed by atoms with Crippen LogP contribution in [0.3, 0.4) is 0 Å². The molecule has 16 heavy (non-hydrogen) atoms. The average molecular weight is 244 g/mol. The highest BCUT2D eigenvalue weighted by Crippen LogP contribution is 2.41. The number of nitrogens with two attached hydrogens (primary N) is 1. The third kappa shape index (κ3) is 2.21. The molecule has 0 spiro atoms. The molecular formula is C12H15ClFNO. The van der Waals surface area contributed by atoms with Gasteiger partial charge in [0.15, 0.2) is 0 Å². The van der Waals surface area contributed by atoms with E-state index in [4.69, 9.17) is 17.3 Å². The van der Waals surface area contributed by atoms with Crippen LogP contribution in [0.25, 0.3) is 0 Å². The van der Waals surface area contributed by atoms with Crippen molar-refractivity contribution in [3.05, 3.63) is 34.6 Å². The minimum atomic E-state index is -0.981. The Labute approximate surface area is 99.2 Å². The highest BCUT2D eigenvalue weighted by Gasteiger charge is 2.43. The Morgan fingerprint density at radius 1 is 1.50 bits per heavy atom. The summed E-state index contributed by atoms with van der Waals surface area (Å²) in [5.41, 5.74) is 5.04. The number of hydrogen-bond donors (Lipinski definition) is 2. The molecule has 1 unspecified atom stereocenters. The SMILES string of the molecule is NCC(O)(Cc1cccc(Cl)c1F)C1CC1. The van der Waals surface area contributed by atoms with E-state index in [-0.39, 0.29) is 23.9 Å². The van der Waals surface area contributed by atoms with Gasteiger partial charge < -0.3 is 10.8 Å². The van der Waals surface area contributed by atoms with Crippen molar-refractivity contribution < 1.29 is 9.50 Å². The van der Waals surface area contributed by atoms with E-state index in [2.05, 4.69) is 0 Å². The lowest BCUT2D eigenvalue weighted by Gasteiger charge is -2.26. The predicted molar refractivity (Wildman–Crippen MR) is 61.8 cm³/mol. The predicted octanol–water partition coefficient (Wildman–Crippen LogP) is 2.12. The van der Waals surface area contributed by atoms with Crippen molar-refractivity contribution in [1.82, 2.24) is 0 Å². The van der Waals surface area contributed by atoms with Gasteiger partial charge >= 0.3 is 0 Å². The van der Waals surface area contributed by atoms with E-state index in [1.165, 1.54) is 6.07 Å². The summed E-state index contributed by atoms with van der Waals surface area (Å²) in [6.07, 6.45) is 2.17. The van der Waals surface area contributed by atoms with Gasteiger partial charge in [0.2, 0.25) is 0 Å². The smallest absolute Gasteiger partial charge is 0.145 e. The molecule has 3 N–H and O–H groups in total. The van der Waals surface area contributed by atoms with Crippen LogP contribution in [0.1, 0.15) is 18.4 Å². The van der Waals surface area contributed by atoms with Crippen molar-refractivity contribution in [2.24, 2.45) is 11.7 Å². The van der Waals surface area contributed by atoms with Crippen LogP contribution >= 0.6 is 11.6 Å². The second-order valence-electron chi connectivity index (χ2n) is 4.47. The Morgan fingerprint density at radius 2 is 2.19 bits per heavy atom. The van der Waals surface area contributed by atoms with Crippen LogP contribution < -0.4 is 5.73 Å². The molecule has 1 aromatic carbocycles. The zero-order valence-corrected chi connectivity index (χ0v) is 9.67. The molecule has 88 valence electrons. The molecule has 0 aliphatic heterocycles. The summed E-state index contributed by atoms with van der Waals surface area (Å²) in [6, 6.07) is 4.83. The van der Waals surface area contributed by atoms with Crippen LogP contribution in [-0.4, -0.2) is 17.3 Å². The van der Waals surface area contributed by atoms with Crippen molar-refractivity contribution in [2.45, 2.75) is 24.9 Å². The maximum absolute atomic E-state index is 13.7. The molecule has 0 heterocycles. The molecule has 1 saturated carbocycles. The Kier molecular flexibility index (Phi) is 3.19. The lowest BCUT2D eigenvalue weighted by molar-refractivity contribution is 0.0259. The van der Waals surface area contributed by atoms with E-state index in [0.29, 0.717) is 5.56 Å². The lowest BCUT2D eigenvalue weighted by atomic mass is 9.89. The third-order valence-corrected chi connectivity index (χ3v) is 3.51. The Morgan fingerprint density at radius 3 is 2.75 bits per heavy atom. The topological polar surface area (TPSA) is 46.2 Å². The monoisotopic (exact) mass is 243 g/mol. The first kappa shape index (κ1) is 11.8. The van der Waals surface area contributed by atoms with Crippen LogP contribution in [0.4, 0.5) is 4.39 Å². The minimum absolute atomic E-state index is 0.0904. The first-order valence-corrected chi connectivity index (χ1v) is 5.80. The highest BCUT2D eigenvalue weighted by molar-refractivity contribution is 6.30. The zero-order chi connectivity index (χ0) is 11.8. The second kappa shape index (κ2) is 4.32. The summed E-state index contributed by atoms with van der Waals surface area (Å²) in [4.78, 5) is 0. The Balaban J connectivity index is 2.22. The third-order valence-electron chi connectivity index (χ3n) is 3.22. The van der Waals surface area contributed by atoms with E-state index >= 15 is 0 Å².